The van der Waals surface area contributed by atoms with E-state index in [0.29, 0.717) is 37.0 Å². The lowest BCUT2D eigenvalue weighted by atomic mass is 9.78. The number of rotatable bonds is 6. The third kappa shape index (κ3) is 6.49. The second-order valence-electron chi connectivity index (χ2n) is 10.5. The lowest BCUT2D eigenvalue weighted by molar-refractivity contribution is -0.146. The molecule has 0 spiro atoms. The normalized spacial score (nSPS) is 19.3. The van der Waals surface area contributed by atoms with E-state index in [1.807, 2.05) is 0 Å². The first kappa shape index (κ1) is 22.2. The number of hydrogen-bond acceptors (Lipinski definition) is 3. The van der Waals surface area contributed by atoms with E-state index >= 15 is 0 Å². The lowest BCUT2D eigenvalue weighted by Gasteiger charge is -2.28. The fourth-order valence-electron chi connectivity index (χ4n) is 4.95. The number of carbonyl (C=O) groups is 1. The first-order valence-corrected chi connectivity index (χ1v) is 11.8. The van der Waals surface area contributed by atoms with Gasteiger partial charge in [-0.3, -0.25) is 4.79 Å². The van der Waals surface area contributed by atoms with E-state index < -0.39 is 0 Å². The number of ether oxygens (including phenoxy) is 1. The van der Waals surface area contributed by atoms with Crippen LogP contribution in [-0.2, 0) is 16.0 Å². The predicted molar refractivity (Wildman–Crippen MR) is 118 cm³/mol. The highest BCUT2D eigenvalue weighted by Gasteiger charge is 2.25. The highest BCUT2D eigenvalue weighted by Crippen LogP contribution is 2.44. The third-order valence-electron chi connectivity index (χ3n) is 6.60. The summed E-state index contributed by atoms with van der Waals surface area (Å²) in [6, 6.07) is 4.38. The molecule has 2 aliphatic carbocycles. The van der Waals surface area contributed by atoms with Gasteiger partial charge >= 0.3 is 5.97 Å². The van der Waals surface area contributed by atoms with Gasteiger partial charge in [0, 0.05) is 6.42 Å². The van der Waals surface area contributed by atoms with E-state index in [1.54, 1.807) is 0 Å². The second kappa shape index (κ2) is 10.00. The summed E-state index contributed by atoms with van der Waals surface area (Å²) in [4.78, 5) is 12.2. The second-order valence-corrected chi connectivity index (χ2v) is 10.5. The van der Waals surface area contributed by atoms with E-state index in [0.717, 1.165) is 11.1 Å². The van der Waals surface area contributed by atoms with Crippen LogP contribution in [0.5, 0.6) is 5.75 Å². The zero-order valence-corrected chi connectivity index (χ0v) is 18.8. The Kier molecular flexibility index (Phi) is 7.65. The monoisotopic (exact) mass is 400 g/mol. The molecule has 0 bridgehead atoms. The van der Waals surface area contributed by atoms with E-state index in [1.165, 1.54) is 69.8 Å². The standard InChI is InChI=1S/C26H40O3/c1-26(2,3)18-29-24(27)15-14-19-16-22(20-10-6-4-7-11-20)25(28)23(17-19)21-12-8-5-9-13-21/h16-17,20-21,28H,4-15,18H2,1-3H3. The van der Waals surface area contributed by atoms with Crippen molar-refractivity contribution in [2.75, 3.05) is 6.61 Å². The Morgan fingerprint density at radius 2 is 1.41 bits per heavy atom. The summed E-state index contributed by atoms with van der Waals surface area (Å²) < 4.78 is 5.46. The van der Waals surface area contributed by atoms with E-state index in [-0.39, 0.29) is 11.4 Å². The van der Waals surface area contributed by atoms with Gasteiger partial charge in [0.1, 0.15) is 5.75 Å². The Labute approximate surface area is 177 Å². The van der Waals surface area contributed by atoms with Crippen molar-refractivity contribution in [3.05, 3.63) is 28.8 Å². The van der Waals surface area contributed by atoms with Crippen molar-refractivity contribution in [1.29, 1.82) is 0 Å². The Hall–Kier alpha value is -1.51. The van der Waals surface area contributed by atoms with Crippen molar-refractivity contribution in [1.82, 2.24) is 0 Å². The predicted octanol–water partition coefficient (Wildman–Crippen LogP) is 7.01. The first-order valence-electron chi connectivity index (χ1n) is 11.8. The molecule has 0 heterocycles. The minimum atomic E-state index is -0.119. The lowest BCUT2D eigenvalue weighted by Crippen LogP contribution is -2.18. The van der Waals surface area contributed by atoms with E-state index in [4.69, 9.17) is 4.74 Å². The van der Waals surface area contributed by atoms with Gasteiger partial charge in [-0.25, -0.2) is 0 Å². The number of phenolic OH excluding ortho intramolecular Hbond substituents is 1. The summed E-state index contributed by atoms with van der Waals surface area (Å²) in [7, 11) is 0. The third-order valence-corrected chi connectivity index (χ3v) is 6.60. The summed E-state index contributed by atoms with van der Waals surface area (Å²) in [5.41, 5.74) is 3.48. The number of hydrogen-bond donors (Lipinski definition) is 1. The topological polar surface area (TPSA) is 46.5 Å². The molecule has 0 saturated heterocycles. The Bertz CT molecular complexity index is 635. The summed E-state index contributed by atoms with van der Waals surface area (Å²) in [5.74, 6) is 1.38. The van der Waals surface area contributed by atoms with Crippen LogP contribution < -0.4 is 0 Å². The van der Waals surface area contributed by atoms with Gasteiger partial charge in [-0.2, -0.15) is 0 Å². The molecular weight excluding hydrogens is 360 g/mol. The molecule has 0 aromatic heterocycles. The molecule has 3 nitrogen and oxygen atoms in total. The van der Waals surface area contributed by atoms with Crippen LogP contribution in [0.1, 0.15) is 120 Å². The SMILES string of the molecule is CC(C)(C)COC(=O)CCc1cc(C2CCCCC2)c(O)c(C2CCCCC2)c1. The minimum absolute atomic E-state index is 0.00347. The van der Waals surface area contributed by atoms with Crippen molar-refractivity contribution >= 4 is 5.97 Å². The molecule has 0 radical (unpaired) electrons. The molecule has 0 amide bonds. The zero-order chi connectivity index (χ0) is 20.9. The van der Waals surface area contributed by atoms with Crippen molar-refractivity contribution in [2.24, 2.45) is 5.41 Å². The number of carbonyl (C=O) groups excluding carboxylic acids is 1. The summed E-state index contributed by atoms with van der Waals surface area (Å²) >= 11 is 0. The first-order chi connectivity index (χ1) is 13.8. The molecule has 1 N–H and O–H groups in total. The molecule has 3 heteroatoms. The van der Waals surface area contributed by atoms with Crippen LogP contribution >= 0.6 is 0 Å². The molecule has 1 aromatic rings. The molecule has 3 rings (SSSR count). The maximum atomic E-state index is 12.2. The minimum Gasteiger partial charge on any atom is -0.507 e. The molecule has 2 aliphatic rings. The summed E-state index contributed by atoms with van der Waals surface area (Å²) in [6.07, 6.45) is 13.5. The van der Waals surface area contributed by atoms with Crippen LogP contribution in [0, 0.1) is 5.41 Å². The van der Waals surface area contributed by atoms with Crippen molar-refractivity contribution < 1.29 is 14.6 Å². The number of benzene rings is 1. The van der Waals surface area contributed by atoms with Gasteiger partial charge in [0.25, 0.3) is 0 Å². The van der Waals surface area contributed by atoms with Crippen LogP contribution in [0.3, 0.4) is 0 Å². The number of aromatic hydroxyl groups is 1. The summed E-state index contributed by atoms with van der Waals surface area (Å²) in [6.45, 7) is 6.69. The maximum Gasteiger partial charge on any atom is 0.306 e. The number of phenols is 1. The van der Waals surface area contributed by atoms with Gasteiger partial charge in [-0.1, -0.05) is 71.4 Å². The quantitative estimate of drug-likeness (QED) is 0.522. The molecule has 0 unspecified atom stereocenters. The highest BCUT2D eigenvalue weighted by molar-refractivity contribution is 5.69. The largest absolute Gasteiger partial charge is 0.507 e. The number of aryl methyl sites for hydroxylation is 1. The van der Waals surface area contributed by atoms with Crippen molar-refractivity contribution in [3.63, 3.8) is 0 Å². The van der Waals surface area contributed by atoms with E-state index in [2.05, 4.69) is 32.9 Å². The fraction of sp³-hybridized carbons (Fsp3) is 0.731. The van der Waals surface area contributed by atoms with Gasteiger partial charge in [-0.15, -0.1) is 0 Å². The van der Waals surface area contributed by atoms with Crippen LogP contribution in [0.4, 0.5) is 0 Å². The van der Waals surface area contributed by atoms with Crippen LogP contribution in [-0.4, -0.2) is 17.7 Å². The Morgan fingerprint density at radius 3 is 1.86 bits per heavy atom. The van der Waals surface area contributed by atoms with Crippen LogP contribution in [0.25, 0.3) is 0 Å². The van der Waals surface area contributed by atoms with Crippen molar-refractivity contribution in [3.8, 4) is 5.75 Å². The average molecular weight is 401 g/mol. The van der Waals surface area contributed by atoms with Gasteiger partial charge < -0.3 is 9.84 Å². The molecular formula is C26H40O3. The molecule has 2 saturated carbocycles. The molecule has 0 atom stereocenters. The maximum absolute atomic E-state index is 12.2. The van der Waals surface area contributed by atoms with Gasteiger partial charge in [0.15, 0.2) is 0 Å². The van der Waals surface area contributed by atoms with Gasteiger partial charge in [0.05, 0.1) is 6.61 Å². The van der Waals surface area contributed by atoms with Gasteiger partial charge in [0.2, 0.25) is 0 Å². The van der Waals surface area contributed by atoms with E-state index in [9.17, 15) is 9.90 Å². The zero-order valence-electron chi connectivity index (χ0n) is 18.8. The smallest absolute Gasteiger partial charge is 0.306 e. The van der Waals surface area contributed by atoms with Crippen LogP contribution in [0.15, 0.2) is 12.1 Å². The molecule has 162 valence electrons. The van der Waals surface area contributed by atoms with Crippen LogP contribution in [0.2, 0.25) is 0 Å². The molecule has 29 heavy (non-hydrogen) atoms. The fourth-order valence-corrected chi connectivity index (χ4v) is 4.95. The summed E-state index contributed by atoms with van der Waals surface area (Å²) in [5, 5.41) is 11.2. The molecule has 0 aliphatic heterocycles. The Balaban J connectivity index is 1.77. The van der Waals surface area contributed by atoms with Gasteiger partial charge in [-0.05, 0) is 66.0 Å². The Morgan fingerprint density at radius 1 is 0.931 bits per heavy atom. The average Bonchev–Trinajstić information content (AvgIpc) is 2.72. The molecule has 1 aromatic carbocycles. The number of esters is 1. The molecule has 2 fully saturated rings. The highest BCUT2D eigenvalue weighted by atomic mass is 16.5. The van der Waals surface area contributed by atoms with Crippen molar-refractivity contribution in [2.45, 2.75) is 110 Å².